The molecule has 0 amide bonds. The number of aldehydes is 1. The fourth-order valence-corrected chi connectivity index (χ4v) is 1.44. The molecule has 1 N–H and O–H groups in total. The predicted octanol–water partition coefficient (Wildman–Crippen LogP) is 2.35. The van der Waals surface area contributed by atoms with Crippen LogP contribution in [-0.4, -0.2) is 23.3 Å². The first-order chi connectivity index (χ1) is 9.45. The average molecular weight is 280 g/mol. The summed E-state index contributed by atoms with van der Waals surface area (Å²) in [4.78, 5) is 32.7. The summed E-state index contributed by atoms with van der Waals surface area (Å²) in [7, 11) is 0. The van der Waals surface area contributed by atoms with Gasteiger partial charge in [-0.05, 0) is 25.0 Å². The number of benzene rings is 1. The summed E-state index contributed by atoms with van der Waals surface area (Å²) in [6.45, 7) is 3.32. The van der Waals surface area contributed by atoms with E-state index in [0.29, 0.717) is 6.29 Å². The average Bonchev–Trinajstić information content (AvgIpc) is 2.40. The van der Waals surface area contributed by atoms with Crippen molar-refractivity contribution in [2.75, 3.05) is 0 Å². The van der Waals surface area contributed by atoms with Gasteiger partial charge in [0, 0.05) is 12.0 Å². The normalized spacial score (nSPS) is 9.85. The number of carboxylic acids is 1. The Hall–Kier alpha value is -2.50. The molecular formula is C14H13FO5. The summed E-state index contributed by atoms with van der Waals surface area (Å²) in [6, 6.07) is 3.72. The van der Waals surface area contributed by atoms with Gasteiger partial charge in [-0.2, -0.15) is 0 Å². The Morgan fingerprint density at radius 3 is 2.65 bits per heavy atom. The molecule has 0 spiro atoms. The van der Waals surface area contributed by atoms with E-state index in [1.165, 1.54) is 12.1 Å². The number of esters is 1. The number of hydrogen-bond acceptors (Lipinski definition) is 4. The zero-order valence-corrected chi connectivity index (χ0v) is 10.6. The Bertz CT molecular complexity index is 550. The molecule has 0 bridgehead atoms. The molecule has 1 aromatic carbocycles. The fraction of sp³-hybridized carbons (Fsp3) is 0.214. The smallest absolute Gasteiger partial charge is 0.330 e. The molecule has 1 aromatic rings. The topological polar surface area (TPSA) is 80.7 Å². The molecule has 0 saturated carbocycles. The van der Waals surface area contributed by atoms with Crippen molar-refractivity contribution in [3.63, 3.8) is 0 Å². The van der Waals surface area contributed by atoms with Gasteiger partial charge in [0.15, 0.2) is 17.9 Å². The van der Waals surface area contributed by atoms with Gasteiger partial charge >= 0.3 is 11.9 Å². The Kier molecular flexibility index (Phi) is 5.58. The number of hydrogen-bond donors (Lipinski definition) is 1. The molecule has 0 radical (unpaired) electrons. The van der Waals surface area contributed by atoms with Crippen molar-refractivity contribution in [2.24, 2.45) is 0 Å². The van der Waals surface area contributed by atoms with Crippen LogP contribution in [0.4, 0.5) is 4.39 Å². The summed E-state index contributed by atoms with van der Waals surface area (Å²) in [5, 5.41) is 8.58. The lowest BCUT2D eigenvalue weighted by Crippen LogP contribution is -2.11. The largest absolute Gasteiger partial charge is 0.478 e. The first-order valence-corrected chi connectivity index (χ1v) is 5.81. The summed E-state index contributed by atoms with van der Waals surface area (Å²) in [6.07, 6.45) is 0.633. The molecule has 0 atom stereocenters. The number of carbonyl (C=O) groups is 3. The van der Waals surface area contributed by atoms with Gasteiger partial charge in [0.2, 0.25) is 0 Å². The first-order valence-electron chi connectivity index (χ1n) is 5.81. The van der Waals surface area contributed by atoms with Crippen LogP contribution < -0.4 is 4.74 Å². The van der Waals surface area contributed by atoms with Gasteiger partial charge in [0.1, 0.15) is 0 Å². The highest BCUT2D eigenvalue weighted by atomic mass is 19.1. The number of rotatable bonds is 7. The second-order valence-corrected chi connectivity index (χ2v) is 4.01. The van der Waals surface area contributed by atoms with E-state index < -0.39 is 23.5 Å². The summed E-state index contributed by atoms with van der Waals surface area (Å²) < 4.78 is 18.2. The first kappa shape index (κ1) is 15.6. The minimum absolute atomic E-state index is 0.0164. The number of halogens is 1. The van der Waals surface area contributed by atoms with Gasteiger partial charge in [-0.1, -0.05) is 12.6 Å². The molecule has 6 heteroatoms. The van der Waals surface area contributed by atoms with Gasteiger partial charge in [-0.3, -0.25) is 9.59 Å². The van der Waals surface area contributed by atoms with E-state index in [2.05, 4.69) is 6.58 Å². The molecule has 0 aliphatic rings. The predicted molar refractivity (Wildman–Crippen MR) is 68.0 cm³/mol. The zero-order valence-electron chi connectivity index (χ0n) is 10.6. The molecule has 0 aliphatic heterocycles. The van der Waals surface area contributed by atoms with Gasteiger partial charge in [-0.25, -0.2) is 9.18 Å². The van der Waals surface area contributed by atoms with E-state index in [4.69, 9.17) is 9.84 Å². The highest BCUT2D eigenvalue weighted by molar-refractivity contribution is 5.86. The molecule has 0 heterocycles. The van der Waals surface area contributed by atoms with Gasteiger partial charge < -0.3 is 9.84 Å². The number of carboxylic acid groups (broad SMARTS) is 1. The van der Waals surface area contributed by atoms with Crippen LogP contribution in [0.3, 0.4) is 0 Å². The van der Waals surface area contributed by atoms with E-state index >= 15 is 0 Å². The second kappa shape index (κ2) is 7.18. The van der Waals surface area contributed by atoms with Gasteiger partial charge in [0.25, 0.3) is 0 Å². The summed E-state index contributed by atoms with van der Waals surface area (Å²) in [5.41, 5.74) is -0.0782. The van der Waals surface area contributed by atoms with Crippen LogP contribution in [0, 0.1) is 5.82 Å². The SMILES string of the molecule is C=C(CCCC(=O)Oc1c(F)cccc1C=O)C(=O)O. The molecular weight excluding hydrogens is 267 g/mol. The van der Waals surface area contributed by atoms with Crippen LogP contribution in [-0.2, 0) is 9.59 Å². The zero-order chi connectivity index (χ0) is 15.1. The van der Waals surface area contributed by atoms with E-state index in [1.54, 1.807) is 0 Å². The van der Waals surface area contributed by atoms with E-state index in [-0.39, 0.29) is 30.4 Å². The van der Waals surface area contributed by atoms with Crippen LogP contribution in [0.1, 0.15) is 29.6 Å². The summed E-state index contributed by atoms with van der Waals surface area (Å²) in [5.74, 6) is -3.09. The molecule has 0 unspecified atom stereocenters. The van der Waals surface area contributed by atoms with Crippen molar-refractivity contribution in [2.45, 2.75) is 19.3 Å². The van der Waals surface area contributed by atoms with Crippen LogP contribution in [0.25, 0.3) is 0 Å². The Morgan fingerprint density at radius 1 is 1.35 bits per heavy atom. The van der Waals surface area contributed by atoms with Crippen LogP contribution in [0.2, 0.25) is 0 Å². The molecule has 0 saturated heterocycles. The van der Waals surface area contributed by atoms with Crippen LogP contribution in [0.15, 0.2) is 30.4 Å². The van der Waals surface area contributed by atoms with Crippen molar-refractivity contribution < 1.29 is 28.6 Å². The molecule has 0 fully saturated rings. The van der Waals surface area contributed by atoms with Crippen molar-refractivity contribution in [1.29, 1.82) is 0 Å². The third-order valence-corrected chi connectivity index (χ3v) is 2.50. The Labute approximate surface area is 114 Å². The lowest BCUT2D eigenvalue weighted by Gasteiger charge is -2.07. The number of para-hydroxylation sites is 1. The molecule has 106 valence electrons. The maximum Gasteiger partial charge on any atom is 0.330 e. The monoisotopic (exact) mass is 280 g/mol. The third-order valence-electron chi connectivity index (χ3n) is 2.50. The molecule has 0 aliphatic carbocycles. The van der Waals surface area contributed by atoms with Crippen molar-refractivity contribution in [3.8, 4) is 5.75 Å². The Morgan fingerprint density at radius 2 is 2.05 bits per heavy atom. The number of ether oxygens (including phenoxy) is 1. The minimum atomic E-state index is -1.13. The van der Waals surface area contributed by atoms with Crippen molar-refractivity contribution in [3.05, 3.63) is 41.7 Å². The quantitative estimate of drug-likeness (QED) is 0.359. The maximum atomic E-state index is 13.4. The molecule has 20 heavy (non-hydrogen) atoms. The number of carbonyl (C=O) groups excluding carboxylic acids is 2. The Balaban J connectivity index is 2.57. The van der Waals surface area contributed by atoms with E-state index in [9.17, 15) is 18.8 Å². The standard InChI is InChI=1S/C14H13FO5/c1-9(14(18)19)4-2-7-12(17)20-13-10(8-16)5-3-6-11(13)15/h3,5-6,8H,1-2,4,7H2,(H,18,19). The summed E-state index contributed by atoms with van der Waals surface area (Å²) >= 11 is 0. The second-order valence-electron chi connectivity index (χ2n) is 4.01. The molecule has 5 nitrogen and oxygen atoms in total. The van der Waals surface area contributed by atoms with Crippen LogP contribution in [0.5, 0.6) is 5.75 Å². The fourth-order valence-electron chi connectivity index (χ4n) is 1.44. The van der Waals surface area contributed by atoms with Crippen LogP contribution >= 0.6 is 0 Å². The lowest BCUT2D eigenvalue weighted by molar-refractivity contribution is -0.135. The highest BCUT2D eigenvalue weighted by Gasteiger charge is 2.14. The van der Waals surface area contributed by atoms with E-state index in [1.807, 2.05) is 0 Å². The minimum Gasteiger partial charge on any atom is -0.478 e. The third kappa shape index (κ3) is 4.31. The number of aliphatic carboxylic acids is 1. The lowest BCUT2D eigenvalue weighted by atomic mass is 10.1. The highest BCUT2D eigenvalue weighted by Crippen LogP contribution is 2.22. The van der Waals surface area contributed by atoms with Gasteiger partial charge in [0.05, 0.1) is 5.56 Å². The molecule has 0 aromatic heterocycles. The van der Waals surface area contributed by atoms with Crippen molar-refractivity contribution >= 4 is 18.2 Å². The van der Waals surface area contributed by atoms with Gasteiger partial charge in [-0.15, -0.1) is 0 Å². The molecule has 1 rings (SSSR count). The van der Waals surface area contributed by atoms with Crippen molar-refractivity contribution in [1.82, 2.24) is 0 Å². The van der Waals surface area contributed by atoms with E-state index in [0.717, 1.165) is 6.07 Å². The maximum absolute atomic E-state index is 13.4.